The van der Waals surface area contributed by atoms with Crippen molar-refractivity contribution in [2.75, 3.05) is 32.8 Å². The maximum atomic E-state index is 13.0. The number of aromatic carboxylic acids is 1. The molecule has 7 nitrogen and oxygen atoms in total. The third kappa shape index (κ3) is 4.27. The van der Waals surface area contributed by atoms with E-state index in [1.165, 1.54) is 6.07 Å². The minimum atomic E-state index is -4.20. The number of rotatable bonds is 4. The Morgan fingerprint density at radius 1 is 1.30 bits per heavy atom. The first-order chi connectivity index (χ1) is 12.7. The normalized spacial score (nSPS) is 21.2. The smallest absolute Gasteiger partial charge is 0.390 e. The van der Waals surface area contributed by atoms with Crippen molar-refractivity contribution < 1.29 is 32.6 Å². The van der Waals surface area contributed by atoms with Crippen molar-refractivity contribution in [2.45, 2.75) is 38.7 Å². The van der Waals surface area contributed by atoms with Crippen LogP contribution in [0.15, 0.2) is 6.07 Å². The second-order valence-corrected chi connectivity index (χ2v) is 6.91. The van der Waals surface area contributed by atoms with Crippen LogP contribution in [0.1, 0.15) is 39.9 Å². The van der Waals surface area contributed by atoms with Gasteiger partial charge in [-0.15, -0.1) is 0 Å². The topological polar surface area (TPSA) is 75.0 Å². The van der Waals surface area contributed by atoms with Gasteiger partial charge in [0, 0.05) is 38.8 Å². The summed E-state index contributed by atoms with van der Waals surface area (Å²) in [6.45, 7) is 3.63. The zero-order valence-electron chi connectivity index (χ0n) is 15.0. The van der Waals surface area contributed by atoms with Gasteiger partial charge in [-0.3, -0.25) is 9.69 Å². The van der Waals surface area contributed by atoms with Crippen LogP contribution in [0.4, 0.5) is 13.2 Å². The van der Waals surface area contributed by atoms with Gasteiger partial charge in [-0.25, -0.2) is 4.79 Å². The number of carbonyl (C=O) groups excluding carboxylic acids is 1. The fourth-order valence-electron chi connectivity index (χ4n) is 3.66. The van der Waals surface area contributed by atoms with Crippen LogP contribution in [0, 0.1) is 0 Å². The number of nitrogens with zero attached hydrogens (tertiary/aromatic N) is 3. The predicted molar refractivity (Wildman–Crippen MR) is 88.7 cm³/mol. The van der Waals surface area contributed by atoms with Gasteiger partial charge < -0.3 is 19.3 Å². The fraction of sp³-hybridized carbons (Fsp3) is 0.647. The van der Waals surface area contributed by atoms with Crippen LogP contribution in [0.25, 0.3) is 0 Å². The number of alkyl halides is 3. The molecule has 0 saturated carbocycles. The second-order valence-electron chi connectivity index (χ2n) is 6.91. The summed E-state index contributed by atoms with van der Waals surface area (Å²) in [6, 6.07) is 1.11. The highest BCUT2D eigenvalue weighted by Crippen LogP contribution is 2.25. The molecule has 1 N–H and O–H groups in total. The van der Waals surface area contributed by atoms with E-state index in [0.29, 0.717) is 44.2 Å². The van der Waals surface area contributed by atoms with Crippen LogP contribution in [0.3, 0.4) is 0 Å². The fourth-order valence-corrected chi connectivity index (χ4v) is 3.66. The molecule has 0 aromatic carbocycles. The molecule has 1 atom stereocenters. The first kappa shape index (κ1) is 19.7. The van der Waals surface area contributed by atoms with E-state index in [1.807, 2.05) is 0 Å². The van der Waals surface area contributed by atoms with Crippen molar-refractivity contribution in [3.05, 3.63) is 23.0 Å². The number of hydrogen-bond acceptors (Lipinski definition) is 4. The molecule has 3 rings (SSSR count). The highest BCUT2D eigenvalue weighted by Gasteiger charge is 2.34. The Labute approximate surface area is 154 Å². The number of carboxylic acid groups (broad SMARTS) is 1. The average molecular weight is 389 g/mol. The van der Waals surface area contributed by atoms with Gasteiger partial charge >= 0.3 is 12.1 Å². The van der Waals surface area contributed by atoms with Crippen LogP contribution < -0.4 is 0 Å². The number of carbonyl (C=O) groups is 2. The van der Waals surface area contributed by atoms with Gasteiger partial charge in [-0.2, -0.15) is 13.2 Å². The standard InChI is InChI=1S/C17H22F3N3O4/c1-11-9-21(3-2-17(18,19)20)4-5-22(11)15(24)13-8-12(16(25)26)14-10-27-7-6-23(13)14/h8,11H,2-7,9-10H2,1H3,(H,25,26). The van der Waals surface area contributed by atoms with Crippen LogP contribution in [0.5, 0.6) is 0 Å². The van der Waals surface area contributed by atoms with Crippen molar-refractivity contribution >= 4 is 11.9 Å². The second kappa shape index (κ2) is 7.51. The van der Waals surface area contributed by atoms with Gasteiger partial charge in [0.15, 0.2) is 0 Å². The van der Waals surface area contributed by atoms with E-state index in [2.05, 4.69) is 0 Å². The Kier molecular flexibility index (Phi) is 5.48. The maximum Gasteiger partial charge on any atom is 0.390 e. The molecule has 1 aromatic rings. The molecule has 1 saturated heterocycles. The molecule has 0 aliphatic carbocycles. The van der Waals surface area contributed by atoms with Crippen LogP contribution >= 0.6 is 0 Å². The molecule has 1 amide bonds. The summed E-state index contributed by atoms with van der Waals surface area (Å²) >= 11 is 0. The lowest BCUT2D eigenvalue weighted by atomic mass is 10.1. The highest BCUT2D eigenvalue weighted by atomic mass is 19.4. The molecule has 0 radical (unpaired) electrons. The number of piperazine rings is 1. The zero-order valence-corrected chi connectivity index (χ0v) is 15.0. The summed E-state index contributed by atoms with van der Waals surface area (Å²) in [5.41, 5.74) is 0.810. The Bertz CT molecular complexity index is 732. The molecule has 150 valence electrons. The van der Waals surface area contributed by atoms with Crippen molar-refractivity contribution in [3.63, 3.8) is 0 Å². The first-order valence-corrected chi connectivity index (χ1v) is 8.81. The summed E-state index contributed by atoms with van der Waals surface area (Å²) in [6.07, 6.45) is -5.07. The quantitative estimate of drug-likeness (QED) is 0.850. The molecule has 10 heteroatoms. The minimum absolute atomic E-state index is 0.0505. The van der Waals surface area contributed by atoms with E-state index >= 15 is 0 Å². The van der Waals surface area contributed by atoms with Gasteiger partial charge in [0.1, 0.15) is 5.69 Å². The van der Waals surface area contributed by atoms with Gasteiger partial charge in [-0.05, 0) is 13.0 Å². The number of ether oxygens (including phenoxy) is 1. The summed E-state index contributed by atoms with van der Waals surface area (Å²) in [5.74, 6) is -1.41. The van der Waals surface area contributed by atoms with Crippen molar-refractivity contribution in [1.29, 1.82) is 0 Å². The number of hydrogen-bond donors (Lipinski definition) is 1. The van der Waals surface area contributed by atoms with Crippen LogP contribution in [-0.4, -0.2) is 76.4 Å². The molecular weight excluding hydrogens is 367 g/mol. The van der Waals surface area contributed by atoms with Crippen LogP contribution in [0.2, 0.25) is 0 Å². The van der Waals surface area contributed by atoms with Crippen LogP contribution in [-0.2, 0) is 17.9 Å². The van der Waals surface area contributed by atoms with E-state index in [-0.39, 0.29) is 30.7 Å². The van der Waals surface area contributed by atoms with Crippen molar-refractivity contribution in [3.8, 4) is 0 Å². The summed E-state index contributed by atoms with van der Waals surface area (Å²) in [7, 11) is 0. The minimum Gasteiger partial charge on any atom is -0.478 e. The van der Waals surface area contributed by atoms with Crippen molar-refractivity contribution in [2.24, 2.45) is 0 Å². The summed E-state index contributed by atoms with van der Waals surface area (Å²) in [4.78, 5) is 27.8. The van der Waals surface area contributed by atoms with E-state index in [0.717, 1.165) is 0 Å². The number of amides is 1. The molecule has 3 heterocycles. The highest BCUT2D eigenvalue weighted by molar-refractivity contribution is 5.98. The third-order valence-electron chi connectivity index (χ3n) is 5.04. The van der Waals surface area contributed by atoms with E-state index in [4.69, 9.17) is 4.74 Å². The van der Waals surface area contributed by atoms with E-state index < -0.39 is 18.6 Å². The Morgan fingerprint density at radius 2 is 2.04 bits per heavy atom. The number of fused-ring (bicyclic) bond motifs is 1. The number of aromatic nitrogens is 1. The molecule has 2 aliphatic rings. The zero-order chi connectivity index (χ0) is 19.8. The van der Waals surface area contributed by atoms with E-state index in [1.54, 1.807) is 21.3 Å². The largest absolute Gasteiger partial charge is 0.478 e. The van der Waals surface area contributed by atoms with Gasteiger partial charge in [-0.1, -0.05) is 0 Å². The third-order valence-corrected chi connectivity index (χ3v) is 5.04. The molecule has 2 aliphatic heterocycles. The monoisotopic (exact) mass is 389 g/mol. The Balaban J connectivity index is 1.73. The molecular formula is C17H22F3N3O4. The van der Waals surface area contributed by atoms with E-state index in [9.17, 15) is 27.9 Å². The SMILES string of the molecule is CC1CN(CCC(F)(F)F)CCN1C(=O)c1cc(C(=O)O)c2n1CCOC2. The lowest BCUT2D eigenvalue weighted by Crippen LogP contribution is -2.54. The Hall–Kier alpha value is -2.07. The summed E-state index contributed by atoms with van der Waals surface area (Å²) < 4.78 is 44.2. The molecule has 1 unspecified atom stereocenters. The maximum absolute atomic E-state index is 13.0. The number of halogens is 3. The Morgan fingerprint density at radius 3 is 2.67 bits per heavy atom. The lowest BCUT2D eigenvalue weighted by molar-refractivity contribution is -0.139. The van der Waals surface area contributed by atoms with Gasteiger partial charge in [0.05, 0.1) is 30.9 Å². The molecule has 27 heavy (non-hydrogen) atoms. The summed E-state index contributed by atoms with van der Waals surface area (Å²) in [5, 5.41) is 9.37. The number of carboxylic acids is 1. The van der Waals surface area contributed by atoms with Gasteiger partial charge in [0.25, 0.3) is 5.91 Å². The average Bonchev–Trinajstić information content (AvgIpc) is 2.99. The molecule has 1 fully saturated rings. The molecule has 0 spiro atoms. The molecule has 1 aromatic heterocycles. The first-order valence-electron chi connectivity index (χ1n) is 8.81. The lowest BCUT2D eigenvalue weighted by Gasteiger charge is -2.40. The predicted octanol–water partition coefficient (Wildman–Crippen LogP) is 1.82. The van der Waals surface area contributed by atoms with Gasteiger partial charge in [0.2, 0.25) is 0 Å². The molecule has 0 bridgehead atoms. The van der Waals surface area contributed by atoms with Crippen molar-refractivity contribution in [1.82, 2.24) is 14.4 Å².